The Labute approximate surface area is 229 Å². The molecular formula is C26H35F2N3O7S. The monoisotopic (exact) mass is 571 g/mol. The minimum atomic E-state index is -2.03. The molecule has 2 N–H and O–H groups in total. The third-order valence-corrected chi connectivity index (χ3v) is 8.54. The summed E-state index contributed by atoms with van der Waals surface area (Å²) in [6.07, 6.45) is -1.47. The van der Waals surface area contributed by atoms with Crippen molar-refractivity contribution >= 4 is 29.2 Å². The lowest BCUT2D eigenvalue weighted by molar-refractivity contribution is -0.146. The van der Waals surface area contributed by atoms with Crippen LogP contribution in [0, 0.1) is 11.7 Å². The van der Waals surface area contributed by atoms with Gasteiger partial charge in [0.15, 0.2) is 0 Å². The van der Waals surface area contributed by atoms with Gasteiger partial charge in [0.2, 0.25) is 11.8 Å². The summed E-state index contributed by atoms with van der Waals surface area (Å²) in [6.45, 7) is 6.62. The van der Waals surface area contributed by atoms with Crippen molar-refractivity contribution in [2.24, 2.45) is 5.92 Å². The Morgan fingerprint density at radius 3 is 2.51 bits per heavy atom. The molecule has 0 spiro atoms. The van der Waals surface area contributed by atoms with E-state index in [-0.39, 0.29) is 17.4 Å². The first-order chi connectivity index (χ1) is 18.5. The number of amides is 4. The van der Waals surface area contributed by atoms with Crippen LogP contribution in [0.1, 0.15) is 58.1 Å². The van der Waals surface area contributed by atoms with Gasteiger partial charge in [-0.25, -0.2) is 13.6 Å². The number of barbiturate groups is 1. The lowest BCUT2D eigenvalue weighted by Crippen LogP contribution is -2.62. The van der Waals surface area contributed by atoms with Gasteiger partial charge >= 0.3 is 6.03 Å². The molecule has 0 aromatic heterocycles. The van der Waals surface area contributed by atoms with E-state index in [0.29, 0.717) is 45.7 Å². The van der Waals surface area contributed by atoms with Crippen LogP contribution in [-0.2, 0) is 30.4 Å². The van der Waals surface area contributed by atoms with Crippen LogP contribution in [0.15, 0.2) is 18.2 Å². The van der Waals surface area contributed by atoms with Crippen molar-refractivity contribution in [3.63, 3.8) is 0 Å². The number of alkyl halides is 1. The molecule has 216 valence electrons. The number of halogens is 2. The summed E-state index contributed by atoms with van der Waals surface area (Å²) < 4.78 is 62.6. The fourth-order valence-electron chi connectivity index (χ4n) is 4.75. The number of ether oxygens (including phenoxy) is 3. The normalized spacial score (nSPS) is 25.4. The first-order valence-corrected chi connectivity index (χ1v) is 14.2. The van der Waals surface area contributed by atoms with Crippen molar-refractivity contribution in [3.8, 4) is 5.75 Å². The van der Waals surface area contributed by atoms with Crippen molar-refractivity contribution in [1.29, 1.82) is 0 Å². The van der Waals surface area contributed by atoms with Gasteiger partial charge in [-0.1, -0.05) is 0 Å². The van der Waals surface area contributed by atoms with E-state index in [9.17, 15) is 18.9 Å². The second-order valence-electron chi connectivity index (χ2n) is 10.9. The summed E-state index contributed by atoms with van der Waals surface area (Å²) in [4.78, 5) is 39.4. The molecule has 3 fully saturated rings. The van der Waals surface area contributed by atoms with E-state index in [1.165, 1.54) is 12.1 Å². The van der Waals surface area contributed by atoms with E-state index in [1.807, 2.05) is 0 Å². The maximum atomic E-state index is 16.1. The summed E-state index contributed by atoms with van der Waals surface area (Å²) in [5, 5.41) is 2.15. The molecule has 3 saturated heterocycles. The largest absolute Gasteiger partial charge is 0.598 e. The first-order valence-electron chi connectivity index (χ1n) is 13.1. The molecule has 0 aliphatic carbocycles. The zero-order valence-corrected chi connectivity index (χ0v) is 23.1. The van der Waals surface area contributed by atoms with Gasteiger partial charge in [0.05, 0.1) is 13.2 Å². The molecule has 4 rings (SSSR count). The Bertz CT molecular complexity index is 1060. The summed E-state index contributed by atoms with van der Waals surface area (Å²) in [7, 11) is 0. The minimum absolute atomic E-state index is 0.155. The average Bonchev–Trinajstić information content (AvgIpc) is 3.39. The summed E-state index contributed by atoms with van der Waals surface area (Å²) >= 11 is -1.83. The van der Waals surface area contributed by atoms with E-state index < -0.39 is 70.4 Å². The van der Waals surface area contributed by atoms with Gasteiger partial charge in [0.25, 0.3) is 0 Å². The van der Waals surface area contributed by atoms with Crippen molar-refractivity contribution in [1.82, 2.24) is 14.9 Å². The van der Waals surface area contributed by atoms with Gasteiger partial charge in [0.1, 0.15) is 40.5 Å². The molecule has 3 aliphatic heterocycles. The van der Waals surface area contributed by atoms with Crippen molar-refractivity contribution in [3.05, 3.63) is 29.6 Å². The molecule has 13 heteroatoms. The minimum Gasteiger partial charge on any atom is -0.598 e. The maximum absolute atomic E-state index is 16.1. The van der Waals surface area contributed by atoms with E-state index in [2.05, 4.69) is 10.0 Å². The number of hydrogen-bond acceptors (Lipinski definition) is 8. The highest BCUT2D eigenvalue weighted by Gasteiger charge is 2.46. The molecule has 0 radical (unpaired) electrons. The lowest BCUT2D eigenvalue weighted by atomic mass is 9.90. The number of carbonyl (C=O) groups is 3. The predicted octanol–water partition coefficient (Wildman–Crippen LogP) is 2.69. The topological polar surface area (TPSA) is 129 Å². The van der Waals surface area contributed by atoms with Crippen LogP contribution in [0.2, 0.25) is 0 Å². The molecule has 0 saturated carbocycles. The smallest absolute Gasteiger partial charge is 0.331 e. The zero-order valence-electron chi connectivity index (χ0n) is 22.2. The van der Waals surface area contributed by atoms with Crippen molar-refractivity contribution in [2.45, 2.75) is 75.6 Å². The summed E-state index contributed by atoms with van der Waals surface area (Å²) in [6, 6.07) is 1.07. The van der Waals surface area contributed by atoms with E-state index in [1.54, 1.807) is 20.8 Å². The standard InChI is InChI=1S/C26H35F2N3O7S/c1-26(2,3)39(35)30-22(18-12-16(4-5-20(18)27)38-17-8-11-37-14-17)21(28)13-19-23(32)29-25(34)31(24(19)33)15-6-9-36-10-7-15/h4-5,12,15,17,19,21-22,30H,6-11,13-14H2,1-3H3,(H,29,32,34)/t17-,19?,21-,22-,39?/m0/s1. The molecule has 4 amide bonds. The van der Waals surface area contributed by atoms with Gasteiger partial charge in [-0.3, -0.25) is 19.8 Å². The second kappa shape index (κ2) is 12.5. The molecule has 39 heavy (non-hydrogen) atoms. The number of imide groups is 2. The van der Waals surface area contributed by atoms with Crippen LogP contribution in [0.4, 0.5) is 13.6 Å². The number of rotatable bonds is 9. The van der Waals surface area contributed by atoms with Crippen molar-refractivity contribution in [2.75, 3.05) is 26.4 Å². The molecule has 1 aromatic carbocycles. The molecule has 2 unspecified atom stereocenters. The van der Waals surface area contributed by atoms with Crippen LogP contribution in [0.5, 0.6) is 5.75 Å². The van der Waals surface area contributed by atoms with Crippen LogP contribution in [-0.4, -0.2) is 76.8 Å². The maximum Gasteiger partial charge on any atom is 0.331 e. The van der Waals surface area contributed by atoms with Crippen LogP contribution < -0.4 is 14.8 Å². The SMILES string of the molecule is CC(C)(C)[S+]([O-])N[C@@H](c1cc(O[C@H]2CCOC2)ccc1F)[C@@H](F)CC1C(=O)NC(=O)N(C2CCOCC2)C1=O. The van der Waals surface area contributed by atoms with Gasteiger partial charge in [-0.15, -0.1) is 4.72 Å². The number of carbonyl (C=O) groups excluding carboxylic acids is 3. The Balaban J connectivity index is 1.59. The number of urea groups is 1. The highest BCUT2D eigenvalue weighted by molar-refractivity contribution is 7.90. The Morgan fingerprint density at radius 1 is 1.18 bits per heavy atom. The van der Waals surface area contributed by atoms with E-state index >= 15 is 8.78 Å². The average molecular weight is 572 g/mol. The summed E-state index contributed by atoms with van der Waals surface area (Å²) in [5.74, 6) is -3.75. The van der Waals surface area contributed by atoms with Gasteiger partial charge in [-0.05, 0) is 51.8 Å². The number of benzene rings is 1. The van der Waals surface area contributed by atoms with E-state index in [4.69, 9.17) is 14.2 Å². The fraction of sp³-hybridized carbons (Fsp3) is 0.654. The van der Waals surface area contributed by atoms with Crippen LogP contribution in [0.25, 0.3) is 0 Å². The Morgan fingerprint density at radius 2 is 1.87 bits per heavy atom. The zero-order chi connectivity index (χ0) is 28.3. The quantitative estimate of drug-likeness (QED) is 0.342. The lowest BCUT2D eigenvalue weighted by Gasteiger charge is -2.38. The third kappa shape index (κ3) is 7.07. The van der Waals surface area contributed by atoms with Gasteiger partial charge in [0, 0.05) is 49.0 Å². The molecular weight excluding hydrogens is 536 g/mol. The predicted molar refractivity (Wildman–Crippen MR) is 137 cm³/mol. The molecule has 3 aliphatic rings. The van der Waals surface area contributed by atoms with Gasteiger partial charge < -0.3 is 18.8 Å². The second-order valence-corrected chi connectivity index (χ2v) is 12.9. The molecule has 5 atom stereocenters. The van der Waals surface area contributed by atoms with Crippen LogP contribution in [0.3, 0.4) is 0 Å². The number of nitrogens with one attached hydrogen (secondary N) is 2. The summed E-state index contributed by atoms with van der Waals surface area (Å²) in [5.41, 5.74) is -0.155. The van der Waals surface area contributed by atoms with Gasteiger partial charge in [-0.2, -0.15) is 0 Å². The van der Waals surface area contributed by atoms with Crippen molar-refractivity contribution < 1.29 is 41.9 Å². The molecule has 1 aromatic rings. The molecule has 3 heterocycles. The molecule has 10 nitrogen and oxygen atoms in total. The fourth-order valence-corrected chi connectivity index (χ4v) is 5.61. The highest BCUT2D eigenvalue weighted by Crippen LogP contribution is 2.34. The highest BCUT2D eigenvalue weighted by atomic mass is 32.2. The number of nitrogens with zero attached hydrogens (tertiary/aromatic N) is 1. The third-order valence-electron chi connectivity index (χ3n) is 6.96. The Hall–Kier alpha value is -2.32. The molecule has 0 bridgehead atoms. The Kier molecular flexibility index (Phi) is 9.48. The number of hydrogen-bond donors (Lipinski definition) is 2. The van der Waals surface area contributed by atoms with Crippen LogP contribution >= 0.6 is 0 Å². The first kappa shape index (κ1) is 29.7. The van der Waals surface area contributed by atoms with E-state index in [0.717, 1.165) is 11.0 Å².